The Morgan fingerprint density at radius 1 is 0.417 bits per heavy atom. The number of nitrogens with zero attached hydrogens (tertiary/aromatic N) is 2. The quantitative estimate of drug-likeness (QED) is 0.245. The number of halogens is 2. The summed E-state index contributed by atoms with van der Waals surface area (Å²) in [4.78, 5) is 5.40. The molecule has 0 saturated carbocycles. The molecule has 5 heteroatoms. The molecule has 0 spiro atoms. The summed E-state index contributed by atoms with van der Waals surface area (Å²) in [6, 6.07) is 0. The van der Waals surface area contributed by atoms with Crippen molar-refractivity contribution in [3.8, 4) is 0 Å². The van der Waals surface area contributed by atoms with Crippen LogP contribution in [-0.2, 0) is 17.1 Å². The van der Waals surface area contributed by atoms with Gasteiger partial charge < -0.3 is 43.8 Å². The van der Waals surface area contributed by atoms with E-state index in [1.165, 1.54) is 97.1 Å². The zero-order chi connectivity index (χ0) is 15.8. The first-order chi connectivity index (χ1) is 10.3. The largest absolute Gasteiger partial charge is 2.00 e. The second-order valence-corrected chi connectivity index (χ2v) is 6.45. The molecule has 0 aromatic rings. The standard InChI is InChI=1S/C19H42N2.2BrH.Cu/c1-5-9-14-20(15-10-6-2)18-13-19-21(16-11-7-3)17-12-8-4;;;/h5-19H2,1-4H3;2*1H;/q;;;+2/p-2. The first-order valence-corrected chi connectivity index (χ1v) is 9.73. The molecule has 1 radical (unpaired) electrons. The van der Waals surface area contributed by atoms with E-state index in [0.717, 1.165) is 0 Å². The molecule has 0 aromatic heterocycles. The van der Waals surface area contributed by atoms with E-state index < -0.39 is 0 Å². The summed E-state index contributed by atoms with van der Waals surface area (Å²) in [5, 5.41) is 0. The van der Waals surface area contributed by atoms with Gasteiger partial charge in [-0.25, -0.2) is 0 Å². The van der Waals surface area contributed by atoms with Gasteiger partial charge in [0.05, 0.1) is 0 Å². The molecule has 0 N–H and O–H groups in total. The maximum Gasteiger partial charge on any atom is 2.00 e. The predicted octanol–water partition coefficient (Wildman–Crippen LogP) is -0.814. The first kappa shape index (κ1) is 33.0. The Balaban J connectivity index is -0.000000667. The summed E-state index contributed by atoms with van der Waals surface area (Å²) in [7, 11) is 0. The van der Waals surface area contributed by atoms with Crippen LogP contribution in [0.2, 0.25) is 0 Å². The zero-order valence-electron chi connectivity index (χ0n) is 16.6. The summed E-state index contributed by atoms with van der Waals surface area (Å²) in [5.41, 5.74) is 0. The number of hydrogen-bond donors (Lipinski definition) is 0. The summed E-state index contributed by atoms with van der Waals surface area (Å²) in [6.45, 7) is 17.0. The van der Waals surface area contributed by atoms with Crippen LogP contribution in [0.5, 0.6) is 0 Å². The van der Waals surface area contributed by atoms with Crippen molar-refractivity contribution >= 4 is 0 Å². The minimum absolute atomic E-state index is 0. The van der Waals surface area contributed by atoms with Crippen molar-refractivity contribution in [3.05, 3.63) is 0 Å². The van der Waals surface area contributed by atoms with Crippen molar-refractivity contribution in [1.82, 2.24) is 9.80 Å². The third-order valence-corrected chi connectivity index (χ3v) is 4.26. The molecule has 0 atom stereocenters. The molecule has 0 rings (SSSR count). The van der Waals surface area contributed by atoms with Gasteiger partial charge in [0, 0.05) is 0 Å². The van der Waals surface area contributed by atoms with Gasteiger partial charge in [0.1, 0.15) is 0 Å². The predicted molar refractivity (Wildman–Crippen MR) is 97.1 cm³/mol. The van der Waals surface area contributed by atoms with Crippen molar-refractivity contribution in [3.63, 3.8) is 0 Å². The molecule has 0 unspecified atom stereocenters. The van der Waals surface area contributed by atoms with Crippen LogP contribution in [-0.4, -0.2) is 49.1 Å². The van der Waals surface area contributed by atoms with Gasteiger partial charge in [-0.2, -0.15) is 0 Å². The van der Waals surface area contributed by atoms with Crippen LogP contribution in [0.1, 0.15) is 85.5 Å². The molecule has 0 fully saturated rings. The monoisotopic (exact) mass is 519 g/mol. The van der Waals surface area contributed by atoms with Gasteiger partial charge in [0.15, 0.2) is 0 Å². The molecule has 2 nitrogen and oxygen atoms in total. The fourth-order valence-corrected chi connectivity index (χ4v) is 2.72. The molecule has 0 aliphatic carbocycles. The number of unbranched alkanes of at least 4 members (excludes halogenated alkanes) is 4. The Labute approximate surface area is 184 Å². The van der Waals surface area contributed by atoms with Gasteiger partial charge in [0.2, 0.25) is 0 Å². The minimum atomic E-state index is 0. The third-order valence-electron chi connectivity index (χ3n) is 4.26. The van der Waals surface area contributed by atoms with Gasteiger partial charge >= 0.3 is 17.1 Å². The Kier molecular flexibility index (Phi) is 36.6. The Bertz CT molecular complexity index is 174. The molecule has 153 valence electrons. The fourth-order valence-electron chi connectivity index (χ4n) is 2.72. The maximum absolute atomic E-state index is 2.70. The van der Waals surface area contributed by atoms with Crippen LogP contribution in [0.3, 0.4) is 0 Å². The average Bonchev–Trinajstić information content (AvgIpc) is 2.51. The van der Waals surface area contributed by atoms with E-state index >= 15 is 0 Å². The number of hydrogen-bond acceptors (Lipinski definition) is 2. The van der Waals surface area contributed by atoms with E-state index in [2.05, 4.69) is 37.5 Å². The molecule has 0 saturated heterocycles. The zero-order valence-corrected chi connectivity index (χ0v) is 20.7. The van der Waals surface area contributed by atoms with Gasteiger partial charge in [-0.05, 0) is 71.4 Å². The third kappa shape index (κ3) is 21.4. The van der Waals surface area contributed by atoms with Crippen molar-refractivity contribution in [2.45, 2.75) is 85.5 Å². The molecule has 0 bridgehead atoms. The van der Waals surface area contributed by atoms with Crippen molar-refractivity contribution in [1.29, 1.82) is 0 Å². The van der Waals surface area contributed by atoms with Gasteiger partial charge in [0.25, 0.3) is 0 Å². The topological polar surface area (TPSA) is 6.48 Å². The minimum Gasteiger partial charge on any atom is -1.00 e. The van der Waals surface area contributed by atoms with E-state index in [0.29, 0.717) is 0 Å². The summed E-state index contributed by atoms with van der Waals surface area (Å²) in [6.07, 6.45) is 12.1. The van der Waals surface area contributed by atoms with Crippen LogP contribution in [0.25, 0.3) is 0 Å². The first-order valence-electron chi connectivity index (χ1n) is 9.73. The Hall–Kier alpha value is 1.40. The van der Waals surface area contributed by atoms with Gasteiger partial charge in [-0.3, -0.25) is 0 Å². The Morgan fingerprint density at radius 3 is 0.833 bits per heavy atom. The molecule has 0 aliphatic rings. The fraction of sp³-hybridized carbons (Fsp3) is 1.00. The van der Waals surface area contributed by atoms with Crippen LogP contribution in [0.4, 0.5) is 0 Å². The van der Waals surface area contributed by atoms with E-state index in [1.807, 2.05) is 0 Å². The average molecular weight is 522 g/mol. The molecule has 0 aromatic carbocycles. The summed E-state index contributed by atoms with van der Waals surface area (Å²) in [5.74, 6) is 0. The normalized spacial score (nSPS) is 10.2. The van der Waals surface area contributed by atoms with Gasteiger partial charge in [-0.1, -0.05) is 53.4 Å². The van der Waals surface area contributed by atoms with Crippen LogP contribution in [0.15, 0.2) is 0 Å². The molecule has 0 amide bonds. The molecule has 24 heavy (non-hydrogen) atoms. The van der Waals surface area contributed by atoms with E-state index in [9.17, 15) is 0 Å². The second kappa shape index (κ2) is 26.6. The van der Waals surface area contributed by atoms with Crippen molar-refractivity contribution in [2.75, 3.05) is 39.3 Å². The van der Waals surface area contributed by atoms with Crippen molar-refractivity contribution in [2.24, 2.45) is 0 Å². The van der Waals surface area contributed by atoms with E-state index in [-0.39, 0.29) is 51.0 Å². The summed E-state index contributed by atoms with van der Waals surface area (Å²) >= 11 is 0. The second-order valence-electron chi connectivity index (χ2n) is 6.45. The number of rotatable bonds is 16. The van der Waals surface area contributed by atoms with Crippen LogP contribution >= 0.6 is 0 Å². The molecular formula is C19H42Br2CuN2. The summed E-state index contributed by atoms with van der Waals surface area (Å²) < 4.78 is 0. The Morgan fingerprint density at radius 2 is 0.625 bits per heavy atom. The van der Waals surface area contributed by atoms with Crippen LogP contribution < -0.4 is 34.0 Å². The van der Waals surface area contributed by atoms with Gasteiger partial charge in [-0.15, -0.1) is 0 Å². The van der Waals surface area contributed by atoms with Crippen LogP contribution in [0, 0.1) is 0 Å². The van der Waals surface area contributed by atoms with Crippen molar-refractivity contribution < 1.29 is 51.0 Å². The molecule has 0 aliphatic heterocycles. The SMILES string of the molecule is CCCCN(CCCC)CCCN(CCCC)CCCC.[Br-].[Br-].[Cu+2]. The molecule has 0 heterocycles. The van der Waals surface area contributed by atoms with E-state index in [4.69, 9.17) is 0 Å². The van der Waals surface area contributed by atoms with E-state index in [1.54, 1.807) is 0 Å². The maximum atomic E-state index is 2.70. The molecular weight excluding hydrogens is 480 g/mol. The smallest absolute Gasteiger partial charge is 1.00 e.